The van der Waals surface area contributed by atoms with E-state index < -0.39 is 0 Å². The Hall–Kier alpha value is -2.04. The molecule has 1 aromatic carbocycles. The van der Waals surface area contributed by atoms with Crippen LogP contribution in [-0.2, 0) is 6.54 Å². The van der Waals surface area contributed by atoms with E-state index in [0.29, 0.717) is 0 Å². The van der Waals surface area contributed by atoms with Crippen molar-refractivity contribution in [3.05, 3.63) is 59.5 Å². The van der Waals surface area contributed by atoms with Crippen molar-refractivity contribution >= 4 is 28.2 Å². The van der Waals surface area contributed by atoms with Crippen molar-refractivity contribution in [2.45, 2.75) is 6.54 Å². The van der Waals surface area contributed by atoms with Crippen LogP contribution in [0, 0.1) is 0 Å². The number of nitrogens with one attached hydrogen (secondary N) is 1. The van der Waals surface area contributed by atoms with Gasteiger partial charge in [0.05, 0.1) is 0 Å². The molecule has 0 unspecified atom stereocenters. The molecule has 3 heterocycles. The smallest absolute Gasteiger partial charge is 0.0457 e. The van der Waals surface area contributed by atoms with Gasteiger partial charge in [-0.25, -0.2) is 0 Å². The number of hydrogen-bond donors (Lipinski definition) is 1. The summed E-state index contributed by atoms with van der Waals surface area (Å²) in [4.78, 5) is 12.5. The van der Waals surface area contributed by atoms with Gasteiger partial charge in [0.2, 0.25) is 0 Å². The average Bonchev–Trinajstić information content (AvgIpc) is 2.97. The number of hydrogen-bond acceptors (Lipinski definition) is 3. The van der Waals surface area contributed by atoms with Crippen molar-refractivity contribution in [1.82, 2.24) is 14.9 Å². The lowest BCUT2D eigenvalue weighted by atomic mass is 10.2. The van der Waals surface area contributed by atoms with Crippen molar-refractivity contribution < 1.29 is 0 Å². The van der Waals surface area contributed by atoms with Gasteiger partial charge in [-0.1, -0.05) is 11.6 Å². The molecular weight excluding hydrogens is 308 g/mol. The lowest BCUT2D eigenvalue weighted by Gasteiger charge is -2.35. The van der Waals surface area contributed by atoms with Gasteiger partial charge in [-0.15, -0.1) is 0 Å². The number of H-pyrrole nitrogens is 1. The van der Waals surface area contributed by atoms with E-state index in [9.17, 15) is 0 Å². The van der Waals surface area contributed by atoms with Crippen molar-refractivity contribution in [3.63, 3.8) is 0 Å². The minimum atomic E-state index is 0.786. The van der Waals surface area contributed by atoms with E-state index in [1.165, 1.54) is 16.8 Å². The highest BCUT2D eigenvalue weighted by atomic mass is 35.5. The first kappa shape index (κ1) is 14.5. The zero-order valence-corrected chi connectivity index (χ0v) is 13.6. The fourth-order valence-electron chi connectivity index (χ4n) is 3.21. The first-order valence-corrected chi connectivity index (χ1v) is 8.30. The Bertz CT molecular complexity index is 791. The minimum Gasteiger partial charge on any atom is -0.369 e. The van der Waals surface area contributed by atoms with E-state index in [1.807, 2.05) is 30.6 Å². The molecule has 1 aliphatic heterocycles. The molecular formula is C18H19ClN4. The number of anilines is 1. The van der Waals surface area contributed by atoms with E-state index in [4.69, 9.17) is 11.6 Å². The summed E-state index contributed by atoms with van der Waals surface area (Å²) in [5.41, 5.74) is 3.67. The van der Waals surface area contributed by atoms with Gasteiger partial charge >= 0.3 is 0 Å². The molecule has 1 saturated heterocycles. The largest absolute Gasteiger partial charge is 0.369 e. The third kappa shape index (κ3) is 3.19. The van der Waals surface area contributed by atoms with E-state index in [-0.39, 0.29) is 0 Å². The predicted molar refractivity (Wildman–Crippen MR) is 95.0 cm³/mol. The molecule has 0 aliphatic carbocycles. The minimum absolute atomic E-state index is 0.786. The lowest BCUT2D eigenvalue weighted by Crippen LogP contribution is -2.46. The SMILES string of the molecule is Clc1ccc2[nH]c(CN3CCN(c4ccncc4)CC3)cc2c1. The highest BCUT2D eigenvalue weighted by Gasteiger charge is 2.17. The quantitative estimate of drug-likeness (QED) is 0.799. The lowest BCUT2D eigenvalue weighted by molar-refractivity contribution is 0.247. The summed E-state index contributed by atoms with van der Waals surface area (Å²) in [5, 5.41) is 1.97. The maximum Gasteiger partial charge on any atom is 0.0457 e. The van der Waals surface area contributed by atoms with E-state index in [2.05, 4.69) is 38.0 Å². The summed E-state index contributed by atoms with van der Waals surface area (Å²) in [5.74, 6) is 0. The molecule has 4 rings (SSSR count). The van der Waals surface area contributed by atoms with E-state index in [0.717, 1.165) is 43.3 Å². The van der Waals surface area contributed by atoms with Gasteiger partial charge in [-0.2, -0.15) is 0 Å². The molecule has 23 heavy (non-hydrogen) atoms. The second-order valence-electron chi connectivity index (χ2n) is 5.99. The van der Waals surface area contributed by atoms with Crippen LogP contribution in [0.15, 0.2) is 48.8 Å². The number of rotatable bonds is 3. The predicted octanol–water partition coefficient (Wildman–Crippen LogP) is 3.54. The maximum atomic E-state index is 6.06. The molecule has 0 spiro atoms. The van der Waals surface area contributed by atoms with Crippen LogP contribution in [0.2, 0.25) is 5.02 Å². The molecule has 4 nitrogen and oxygen atoms in total. The normalized spacial score (nSPS) is 16.1. The van der Waals surface area contributed by atoms with Crippen LogP contribution in [0.3, 0.4) is 0 Å². The van der Waals surface area contributed by atoms with Crippen LogP contribution < -0.4 is 4.90 Å². The standard InChI is InChI=1S/C18H19ClN4/c19-15-1-2-18-14(11-15)12-16(21-18)13-22-7-9-23(10-8-22)17-3-5-20-6-4-17/h1-6,11-12,21H,7-10,13H2. The summed E-state index contributed by atoms with van der Waals surface area (Å²) in [6.07, 6.45) is 3.72. The van der Waals surface area contributed by atoms with Crippen LogP contribution in [-0.4, -0.2) is 41.0 Å². The summed E-state index contributed by atoms with van der Waals surface area (Å²) >= 11 is 6.06. The molecule has 0 amide bonds. The summed E-state index contributed by atoms with van der Waals surface area (Å²) < 4.78 is 0. The third-order valence-electron chi connectivity index (χ3n) is 4.43. The number of nitrogens with zero attached hydrogens (tertiary/aromatic N) is 3. The zero-order valence-electron chi connectivity index (χ0n) is 12.9. The fourth-order valence-corrected chi connectivity index (χ4v) is 3.39. The zero-order chi connectivity index (χ0) is 15.6. The first-order chi connectivity index (χ1) is 11.3. The number of pyridine rings is 1. The monoisotopic (exact) mass is 326 g/mol. The molecule has 5 heteroatoms. The van der Waals surface area contributed by atoms with Crippen LogP contribution in [0.5, 0.6) is 0 Å². The van der Waals surface area contributed by atoms with Crippen molar-refractivity contribution in [2.75, 3.05) is 31.1 Å². The highest BCUT2D eigenvalue weighted by Crippen LogP contribution is 2.21. The van der Waals surface area contributed by atoms with Crippen LogP contribution >= 0.6 is 11.6 Å². The molecule has 1 N–H and O–H groups in total. The van der Waals surface area contributed by atoms with Crippen molar-refractivity contribution in [3.8, 4) is 0 Å². The van der Waals surface area contributed by atoms with Crippen LogP contribution in [0.4, 0.5) is 5.69 Å². The van der Waals surface area contributed by atoms with Crippen LogP contribution in [0.25, 0.3) is 10.9 Å². The summed E-state index contributed by atoms with van der Waals surface area (Å²) in [7, 11) is 0. The Labute approximate surface area is 140 Å². The molecule has 0 saturated carbocycles. The molecule has 0 bridgehead atoms. The van der Waals surface area contributed by atoms with Gasteiger partial charge in [0, 0.05) is 72.4 Å². The molecule has 118 valence electrons. The summed E-state index contributed by atoms with van der Waals surface area (Å²) in [6.45, 7) is 5.19. The van der Waals surface area contributed by atoms with E-state index >= 15 is 0 Å². The van der Waals surface area contributed by atoms with Crippen LogP contribution in [0.1, 0.15) is 5.69 Å². The van der Waals surface area contributed by atoms with Gasteiger partial charge in [0.15, 0.2) is 0 Å². The first-order valence-electron chi connectivity index (χ1n) is 7.92. The van der Waals surface area contributed by atoms with Crippen molar-refractivity contribution in [1.29, 1.82) is 0 Å². The molecule has 3 aromatic rings. The number of halogens is 1. The number of benzene rings is 1. The molecule has 1 fully saturated rings. The maximum absolute atomic E-state index is 6.06. The Kier molecular flexibility index (Phi) is 3.93. The number of piperazine rings is 1. The van der Waals surface area contributed by atoms with Gasteiger partial charge < -0.3 is 9.88 Å². The number of aromatic amines is 1. The Balaban J connectivity index is 1.40. The van der Waals surface area contributed by atoms with Gasteiger partial charge in [-0.3, -0.25) is 9.88 Å². The Morgan fingerprint density at radius 1 is 1.00 bits per heavy atom. The average molecular weight is 327 g/mol. The van der Waals surface area contributed by atoms with Gasteiger partial charge in [0.25, 0.3) is 0 Å². The second kappa shape index (κ2) is 6.22. The van der Waals surface area contributed by atoms with Crippen molar-refractivity contribution in [2.24, 2.45) is 0 Å². The number of aromatic nitrogens is 2. The topological polar surface area (TPSA) is 35.2 Å². The Morgan fingerprint density at radius 2 is 1.78 bits per heavy atom. The summed E-state index contributed by atoms with van der Waals surface area (Å²) in [6, 6.07) is 12.4. The second-order valence-corrected chi connectivity index (χ2v) is 6.43. The highest BCUT2D eigenvalue weighted by molar-refractivity contribution is 6.31. The fraction of sp³-hybridized carbons (Fsp3) is 0.278. The van der Waals surface area contributed by atoms with Gasteiger partial charge in [0.1, 0.15) is 0 Å². The molecule has 1 aliphatic rings. The molecule has 0 atom stereocenters. The third-order valence-corrected chi connectivity index (χ3v) is 4.67. The van der Waals surface area contributed by atoms with Gasteiger partial charge in [-0.05, 0) is 36.4 Å². The van der Waals surface area contributed by atoms with E-state index in [1.54, 1.807) is 0 Å². The number of fused-ring (bicyclic) bond motifs is 1. The molecule has 0 radical (unpaired) electrons. The molecule has 2 aromatic heterocycles. The Morgan fingerprint density at radius 3 is 2.57 bits per heavy atom.